The molecule has 4 aromatic heterocycles. The number of nitrogens with zero attached hydrogens (tertiary/aromatic N) is 4. The number of aromatic nitrogens is 2. The number of hydrogen-bond acceptors (Lipinski definition) is 2. The highest BCUT2D eigenvalue weighted by Gasteiger charge is 2.34. The summed E-state index contributed by atoms with van der Waals surface area (Å²) in [5.41, 5.74) is 16.6. The Hall–Kier alpha value is -7.82. The predicted octanol–water partition coefficient (Wildman–Crippen LogP) is 17.5. The maximum absolute atomic E-state index is 2.59. The molecular weight excluding hydrogens is 801 g/mol. The fourth-order valence-electron chi connectivity index (χ4n) is 11.3. The van der Waals surface area contributed by atoms with Crippen LogP contribution >= 0.6 is 0 Å². The van der Waals surface area contributed by atoms with E-state index in [1.807, 2.05) is 0 Å². The minimum absolute atomic E-state index is 0.194. The highest BCUT2D eigenvalue weighted by atomic mass is 15.2. The van der Waals surface area contributed by atoms with Gasteiger partial charge in [-0.3, -0.25) is 0 Å². The number of fused-ring (bicyclic) bond motifs is 12. The van der Waals surface area contributed by atoms with Crippen molar-refractivity contribution in [2.45, 2.75) is 52.4 Å². The molecule has 4 nitrogen and oxygen atoms in total. The molecule has 0 saturated heterocycles. The van der Waals surface area contributed by atoms with Crippen molar-refractivity contribution in [3.8, 4) is 0 Å². The third-order valence-electron chi connectivity index (χ3n) is 14.1. The van der Waals surface area contributed by atoms with Gasteiger partial charge in [0.1, 0.15) is 0 Å². The van der Waals surface area contributed by atoms with Crippen molar-refractivity contribution in [1.82, 2.24) is 8.80 Å². The van der Waals surface area contributed by atoms with Crippen LogP contribution in [0.25, 0.3) is 76.2 Å². The number of rotatable bonds is 6. The van der Waals surface area contributed by atoms with Crippen LogP contribution in [0.2, 0.25) is 0 Å². The van der Waals surface area contributed by atoms with Crippen LogP contribution in [0, 0.1) is 0 Å². The molecule has 13 rings (SSSR count). The van der Waals surface area contributed by atoms with Crippen LogP contribution in [0.5, 0.6) is 0 Å². The molecule has 0 unspecified atom stereocenters. The van der Waals surface area contributed by atoms with Crippen molar-refractivity contribution in [2.24, 2.45) is 0 Å². The van der Waals surface area contributed by atoms with Gasteiger partial charge >= 0.3 is 0 Å². The van der Waals surface area contributed by atoms with Gasteiger partial charge in [-0.1, -0.05) is 151 Å². The highest BCUT2D eigenvalue weighted by Crippen LogP contribution is 2.55. The molecule has 0 bridgehead atoms. The van der Waals surface area contributed by atoms with Gasteiger partial charge in [0.15, 0.2) is 0 Å². The molecule has 4 heterocycles. The lowest BCUT2D eigenvalue weighted by Crippen LogP contribution is -2.19. The van der Waals surface area contributed by atoms with Crippen molar-refractivity contribution in [3.05, 3.63) is 205 Å². The summed E-state index contributed by atoms with van der Waals surface area (Å²) in [6, 6.07) is 72.0. The van der Waals surface area contributed by atoms with Crippen LogP contribution in [-0.4, -0.2) is 8.80 Å². The summed E-state index contributed by atoms with van der Waals surface area (Å²) in [6.45, 7) is 14.2. The van der Waals surface area contributed by atoms with E-state index in [1.54, 1.807) is 0 Å². The van der Waals surface area contributed by atoms with Crippen molar-refractivity contribution in [1.29, 1.82) is 0 Å². The molecule has 4 heteroatoms. The fraction of sp³-hybridized carbons (Fsp3) is 0.129. The van der Waals surface area contributed by atoms with Crippen molar-refractivity contribution < 1.29 is 0 Å². The standard InChI is InChI=1S/C62H50N4/c1-61(2,3)49-35-45-43-31-19-21-33-51(43)65-53-38-48-54(37-47(53)55(57(45)65)59(49)63(39-23-11-7-12-24-39)40-25-13-8-14-26-40)66-52-34-22-20-32-44(52)46-36-50(62(4,5)6)60(56(48)58(46)66)64(41-27-15-9-16-28-41)42-29-17-10-18-30-42/h7-38H,1-6H3. The van der Waals surface area contributed by atoms with E-state index >= 15 is 0 Å². The Kier molecular flexibility index (Phi) is 8.10. The summed E-state index contributed by atoms with van der Waals surface area (Å²) in [7, 11) is 0. The quantitative estimate of drug-likeness (QED) is 0.166. The molecule has 0 saturated carbocycles. The molecular formula is C62H50N4. The van der Waals surface area contributed by atoms with Crippen molar-refractivity contribution >= 4 is 110 Å². The van der Waals surface area contributed by atoms with Crippen LogP contribution in [0.4, 0.5) is 34.1 Å². The summed E-state index contributed by atoms with van der Waals surface area (Å²) in [6.07, 6.45) is 0. The van der Waals surface area contributed by atoms with Gasteiger partial charge in [-0.2, -0.15) is 0 Å². The summed E-state index contributed by atoms with van der Waals surface area (Å²) in [5.74, 6) is 0. The first kappa shape index (κ1) is 38.6. The number of anilines is 6. The molecule has 0 fully saturated rings. The zero-order valence-electron chi connectivity index (χ0n) is 38.3. The van der Waals surface area contributed by atoms with E-state index in [2.05, 4.69) is 254 Å². The molecule has 9 aromatic carbocycles. The van der Waals surface area contributed by atoms with Gasteiger partial charge in [-0.15, -0.1) is 0 Å². The Bertz CT molecular complexity index is 3640. The Balaban J connectivity index is 1.29. The van der Waals surface area contributed by atoms with Gasteiger partial charge in [0, 0.05) is 65.8 Å². The van der Waals surface area contributed by atoms with Gasteiger partial charge in [0.05, 0.1) is 44.5 Å². The number of hydrogen-bond donors (Lipinski definition) is 0. The minimum Gasteiger partial charge on any atom is -0.309 e. The summed E-state index contributed by atoms with van der Waals surface area (Å²) < 4.78 is 5.17. The van der Waals surface area contributed by atoms with E-state index in [-0.39, 0.29) is 10.8 Å². The maximum atomic E-state index is 2.59. The van der Waals surface area contributed by atoms with E-state index < -0.39 is 0 Å². The molecule has 0 atom stereocenters. The van der Waals surface area contributed by atoms with Gasteiger partial charge in [0.25, 0.3) is 0 Å². The van der Waals surface area contributed by atoms with Gasteiger partial charge in [-0.05, 0) is 107 Å². The second kappa shape index (κ2) is 13.8. The fourth-order valence-corrected chi connectivity index (χ4v) is 11.3. The van der Waals surface area contributed by atoms with Crippen molar-refractivity contribution in [2.75, 3.05) is 9.80 Å². The number of benzene rings is 9. The maximum Gasteiger partial charge on any atom is 0.0641 e. The summed E-state index contributed by atoms with van der Waals surface area (Å²) in [5, 5.41) is 10.2. The van der Waals surface area contributed by atoms with Crippen LogP contribution in [0.3, 0.4) is 0 Å². The first-order chi connectivity index (χ1) is 32.1. The second-order valence-electron chi connectivity index (χ2n) is 20.2. The Morgan fingerprint density at radius 3 is 0.924 bits per heavy atom. The first-order valence-corrected chi connectivity index (χ1v) is 23.3. The SMILES string of the molecule is CC(C)(C)c1cc2c3ccccc3n3c4cc5c6c(N(c7ccccc7)c7ccccc7)c(C(C)(C)C)cc7c8ccccc8n(c5cc4c(c1N(c1ccccc1)c1ccccc1)c23)c76. The molecule has 66 heavy (non-hydrogen) atoms. The lowest BCUT2D eigenvalue weighted by molar-refractivity contribution is 0.592. The molecule has 0 spiro atoms. The zero-order valence-corrected chi connectivity index (χ0v) is 38.3. The average Bonchev–Trinajstić information content (AvgIpc) is 4.05. The second-order valence-corrected chi connectivity index (χ2v) is 20.2. The zero-order chi connectivity index (χ0) is 44.6. The van der Waals surface area contributed by atoms with Crippen LogP contribution < -0.4 is 9.80 Å². The van der Waals surface area contributed by atoms with Crippen LogP contribution in [0.1, 0.15) is 52.7 Å². The molecule has 0 N–H and O–H groups in total. The Morgan fingerprint density at radius 1 is 0.303 bits per heavy atom. The normalized spacial score (nSPS) is 12.7. The Morgan fingerprint density at radius 2 is 0.606 bits per heavy atom. The van der Waals surface area contributed by atoms with Gasteiger partial charge in [0.2, 0.25) is 0 Å². The lowest BCUT2D eigenvalue weighted by Gasteiger charge is -2.33. The van der Waals surface area contributed by atoms with Crippen LogP contribution in [-0.2, 0) is 10.8 Å². The smallest absolute Gasteiger partial charge is 0.0641 e. The van der Waals surface area contributed by atoms with E-state index in [4.69, 9.17) is 0 Å². The summed E-state index contributed by atoms with van der Waals surface area (Å²) >= 11 is 0. The highest BCUT2D eigenvalue weighted by molar-refractivity contribution is 6.33. The molecule has 0 aliphatic carbocycles. The monoisotopic (exact) mass is 850 g/mol. The Labute approximate surface area is 384 Å². The predicted molar refractivity (Wildman–Crippen MR) is 283 cm³/mol. The van der Waals surface area contributed by atoms with E-state index in [1.165, 1.54) is 98.7 Å². The molecule has 0 aliphatic rings. The molecule has 0 aliphatic heterocycles. The van der Waals surface area contributed by atoms with E-state index in [9.17, 15) is 0 Å². The molecule has 0 amide bonds. The third kappa shape index (κ3) is 5.39. The van der Waals surface area contributed by atoms with E-state index in [0.717, 1.165) is 22.7 Å². The molecule has 13 aromatic rings. The molecule has 0 radical (unpaired) electrons. The van der Waals surface area contributed by atoms with Gasteiger partial charge < -0.3 is 18.6 Å². The van der Waals surface area contributed by atoms with Gasteiger partial charge in [-0.25, -0.2) is 0 Å². The average molecular weight is 851 g/mol. The largest absolute Gasteiger partial charge is 0.309 e. The topological polar surface area (TPSA) is 15.3 Å². The van der Waals surface area contributed by atoms with Crippen LogP contribution in [0.15, 0.2) is 194 Å². The van der Waals surface area contributed by atoms with E-state index in [0.29, 0.717) is 0 Å². The molecule has 318 valence electrons. The third-order valence-corrected chi connectivity index (χ3v) is 14.1. The lowest BCUT2D eigenvalue weighted by atomic mass is 9.82. The number of para-hydroxylation sites is 6. The summed E-state index contributed by atoms with van der Waals surface area (Å²) in [4.78, 5) is 5.03. The van der Waals surface area contributed by atoms with Crippen molar-refractivity contribution in [3.63, 3.8) is 0 Å². The minimum atomic E-state index is -0.194. The first-order valence-electron chi connectivity index (χ1n) is 23.3.